The van der Waals surface area contributed by atoms with Crippen LogP contribution in [0.2, 0.25) is 0 Å². The largest absolute Gasteiger partial charge is 0.507 e. The van der Waals surface area contributed by atoms with E-state index in [4.69, 9.17) is 0 Å². The van der Waals surface area contributed by atoms with Crippen LogP contribution in [-0.4, -0.2) is 44.0 Å². The summed E-state index contributed by atoms with van der Waals surface area (Å²) in [5.41, 5.74) is 1.58. The number of phenolic OH excluding ortho intramolecular Hbond substituents is 1. The van der Waals surface area contributed by atoms with E-state index in [0.717, 1.165) is 44.2 Å². The van der Waals surface area contributed by atoms with Crippen molar-refractivity contribution in [3.8, 4) is 5.75 Å². The molecule has 8 heteroatoms. The summed E-state index contributed by atoms with van der Waals surface area (Å²) >= 11 is 1.39. The SMILES string of the molecule is CCCCC1(CCCC)CN(c2ccc(C(=O)NC(C)C)cc2)c2cc(SC)c(O)cc2S(=O)(=O)C1. The molecule has 2 aromatic carbocycles. The minimum Gasteiger partial charge on any atom is -0.507 e. The second-order valence-corrected chi connectivity index (χ2v) is 13.0. The zero-order valence-electron chi connectivity index (χ0n) is 22.1. The Hall–Kier alpha value is -2.19. The van der Waals surface area contributed by atoms with Crippen LogP contribution in [0, 0.1) is 5.41 Å². The monoisotopic (exact) mass is 532 g/mol. The summed E-state index contributed by atoms with van der Waals surface area (Å²) in [7, 11) is -3.65. The first-order chi connectivity index (χ1) is 17.1. The van der Waals surface area contributed by atoms with Crippen LogP contribution in [-0.2, 0) is 9.84 Å². The first-order valence-corrected chi connectivity index (χ1v) is 15.8. The molecule has 0 aromatic heterocycles. The lowest BCUT2D eigenvalue weighted by Crippen LogP contribution is -2.38. The molecule has 0 fully saturated rings. The van der Waals surface area contributed by atoms with Crippen molar-refractivity contribution in [3.63, 3.8) is 0 Å². The van der Waals surface area contributed by atoms with E-state index in [9.17, 15) is 18.3 Å². The minimum absolute atomic E-state index is 0.0138. The normalized spacial score (nSPS) is 16.4. The van der Waals surface area contributed by atoms with E-state index in [1.165, 1.54) is 17.8 Å². The number of nitrogens with one attached hydrogen (secondary N) is 1. The summed E-state index contributed by atoms with van der Waals surface area (Å²) in [6, 6.07) is 10.6. The Labute approximate surface area is 220 Å². The Bertz CT molecular complexity index is 1150. The zero-order valence-corrected chi connectivity index (χ0v) is 23.8. The molecule has 1 aliphatic heterocycles. The molecule has 3 rings (SSSR count). The van der Waals surface area contributed by atoms with E-state index in [0.29, 0.717) is 22.7 Å². The minimum atomic E-state index is -3.65. The van der Waals surface area contributed by atoms with Gasteiger partial charge in [-0.15, -0.1) is 11.8 Å². The van der Waals surface area contributed by atoms with Crippen LogP contribution >= 0.6 is 11.8 Å². The maximum atomic E-state index is 13.8. The van der Waals surface area contributed by atoms with Gasteiger partial charge in [-0.2, -0.15) is 0 Å². The Kier molecular flexibility index (Phi) is 9.39. The number of fused-ring (bicyclic) bond motifs is 1. The molecule has 198 valence electrons. The van der Waals surface area contributed by atoms with Crippen molar-refractivity contribution in [2.24, 2.45) is 5.41 Å². The van der Waals surface area contributed by atoms with Crippen molar-refractivity contribution in [1.29, 1.82) is 0 Å². The van der Waals surface area contributed by atoms with Gasteiger partial charge in [0.2, 0.25) is 0 Å². The fourth-order valence-electron chi connectivity index (χ4n) is 5.01. The van der Waals surface area contributed by atoms with E-state index in [1.807, 2.05) is 32.2 Å². The molecule has 2 aromatic rings. The van der Waals surface area contributed by atoms with Gasteiger partial charge in [0, 0.05) is 35.3 Å². The Morgan fingerprint density at radius 3 is 2.25 bits per heavy atom. The van der Waals surface area contributed by atoms with Crippen molar-refractivity contribution >= 4 is 38.9 Å². The average Bonchev–Trinajstić information content (AvgIpc) is 2.93. The number of amides is 1. The number of carbonyl (C=O) groups is 1. The van der Waals surface area contributed by atoms with Crippen LogP contribution in [0.3, 0.4) is 0 Å². The molecule has 2 N–H and O–H groups in total. The molecule has 0 radical (unpaired) electrons. The predicted octanol–water partition coefficient (Wildman–Crippen LogP) is 6.54. The van der Waals surface area contributed by atoms with Gasteiger partial charge < -0.3 is 15.3 Å². The summed E-state index contributed by atoms with van der Waals surface area (Å²) in [5.74, 6) is -0.0819. The topological polar surface area (TPSA) is 86.7 Å². The van der Waals surface area contributed by atoms with Crippen molar-refractivity contribution in [1.82, 2.24) is 5.32 Å². The van der Waals surface area contributed by atoms with Crippen molar-refractivity contribution in [3.05, 3.63) is 42.0 Å². The van der Waals surface area contributed by atoms with E-state index in [1.54, 1.807) is 18.2 Å². The fourth-order valence-corrected chi connectivity index (χ4v) is 7.63. The van der Waals surface area contributed by atoms with Gasteiger partial charge in [0.1, 0.15) is 5.75 Å². The number of rotatable bonds is 10. The molecule has 0 aliphatic carbocycles. The summed E-state index contributed by atoms with van der Waals surface area (Å²) in [6.45, 7) is 8.68. The number of thioether (sulfide) groups is 1. The highest BCUT2D eigenvalue weighted by Gasteiger charge is 2.42. The molecular formula is C28H40N2O4S2. The van der Waals surface area contributed by atoms with Crippen molar-refractivity contribution in [2.45, 2.75) is 82.1 Å². The van der Waals surface area contributed by atoms with Gasteiger partial charge in [0.15, 0.2) is 9.84 Å². The van der Waals surface area contributed by atoms with Crippen LogP contribution in [0.15, 0.2) is 46.2 Å². The smallest absolute Gasteiger partial charge is 0.251 e. The quantitative estimate of drug-likeness (QED) is 0.338. The lowest BCUT2D eigenvalue weighted by molar-refractivity contribution is 0.0943. The van der Waals surface area contributed by atoms with Crippen molar-refractivity contribution in [2.75, 3.05) is 23.5 Å². The Morgan fingerprint density at radius 2 is 1.72 bits per heavy atom. The number of nitrogens with zero attached hydrogens (tertiary/aromatic N) is 1. The maximum absolute atomic E-state index is 13.8. The Balaban J connectivity index is 2.18. The second-order valence-electron chi connectivity index (χ2n) is 10.2. The third-order valence-corrected chi connectivity index (χ3v) is 9.61. The number of hydrogen-bond acceptors (Lipinski definition) is 6. The number of hydrogen-bond donors (Lipinski definition) is 2. The van der Waals surface area contributed by atoms with Crippen molar-refractivity contribution < 1.29 is 18.3 Å². The predicted molar refractivity (Wildman–Crippen MR) is 149 cm³/mol. The van der Waals surface area contributed by atoms with Gasteiger partial charge in [-0.25, -0.2) is 8.42 Å². The lowest BCUT2D eigenvalue weighted by Gasteiger charge is -2.37. The number of carbonyl (C=O) groups excluding carboxylic acids is 1. The van der Waals surface area contributed by atoms with Gasteiger partial charge in [-0.1, -0.05) is 39.5 Å². The van der Waals surface area contributed by atoms with E-state index >= 15 is 0 Å². The summed E-state index contributed by atoms with van der Waals surface area (Å²) in [5, 5.41) is 13.5. The molecule has 1 amide bonds. The fraction of sp³-hybridized carbons (Fsp3) is 0.536. The van der Waals surface area contributed by atoms with Gasteiger partial charge in [-0.05, 0) is 63.3 Å². The molecule has 1 heterocycles. The number of aromatic hydroxyl groups is 1. The zero-order chi connectivity index (χ0) is 26.5. The molecular weight excluding hydrogens is 492 g/mol. The van der Waals surface area contributed by atoms with Crippen LogP contribution in [0.1, 0.15) is 76.6 Å². The molecule has 0 atom stereocenters. The maximum Gasteiger partial charge on any atom is 0.251 e. The first-order valence-electron chi connectivity index (χ1n) is 12.9. The molecule has 1 aliphatic rings. The number of anilines is 2. The van der Waals surface area contributed by atoms with Crippen LogP contribution in [0.4, 0.5) is 11.4 Å². The number of phenols is 1. The molecule has 0 saturated heterocycles. The first kappa shape index (κ1) is 28.4. The lowest BCUT2D eigenvalue weighted by atomic mass is 9.79. The van der Waals surface area contributed by atoms with Crippen LogP contribution in [0.25, 0.3) is 0 Å². The molecule has 0 unspecified atom stereocenters. The van der Waals surface area contributed by atoms with Gasteiger partial charge >= 0.3 is 0 Å². The standard InChI is InChI=1S/C28H40N2O4S2/c1-6-8-14-28(15-9-7-2)18-30(22-12-10-21(11-13-22)27(32)29-20(3)4)23-16-25(35-5)24(31)17-26(23)36(33,34)19-28/h10-13,16-17,20,31H,6-9,14-15,18-19H2,1-5H3,(H,29,32). The molecule has 0 saturated carbocycles. The highest BCUT2D eigenvalue weighted by molar-refractivity contribution is 7.98. The summed E-state index contributed by atoms with van der Waals surface area (Å²) < 4.78 is 27.6. The van der Waals surface area contributed by atoms with Gasteiger partial charge in [0.05, 0.1) is 21.2 Å². The summed E-state index contributed by atoms with van der Waals surface area (Å²) in [4.78, 5) is 15.4. The summed E-state index contributed by atoms with van der Waals surface area (Å²) in [6.07, 6.45) is 7.42. The number of benzene rings is 2. The van der Waals surface area contributed by atoms with Gasteiger partial charge in [0.25, 0.3) is 5.91 Å². The molecule has 36 heavy (non-hydrogen) atoms. The average molecular weight is 533 g/mol. The van der Waals surface area contributed by atoms with Gasteiger partial charge in [-0.3, -0.25) is 4.79 Å². The van der Waals surface area contributed by atoms with E-state index in [2.05, 4.69) is 24.1 Å². The highest BCUT2D eigenvalue weighted by Crippen LogP contribution is 2.47. The number of unbranched alkanes of at least 4 members (excludes halogenated alkanes) is 2. The molecule has 0 bridgehead atoms. The van der Waals surface area contributed by atoms with E-state index < -0.39 is 15.3 Å². The van der Waals surface area contributed by atoms with Crippen LogP contribution < -0.4 is 10.2 Å². The highest BCUT2D eigenvalue weighted by atomic mass is 32.2. The Morgan fingerprint density at radius 1 is 1.11 bits per heavy atom. The third-order valence-electron chi connectivity index (χ3n) is 6.86. The van der Waals surface area contributed by atoms with Crippen LogP contribution in [0.5, 0.6) is 5.75 Å². The number of sulfone groups is 1. The third kappa shape index (κ3) is 6.38. The molecule has 6 nitrogen and oxygen atoms in total. The van der Waals surface area contributed by atoms with E-state index in [-0.39, 0.29) is 28.3 Å². The molecule has 0 spiro atoms. The second kappa shape index (κ2) is 11.9.